The van der Waals surface area contributed by atoms with Crippen molar-refractivity contribution in [2.24, 2.45) is 0 Å². The van der Waals surface area contributed by atoms with Gasteiger partial charge in [-0.2, -0.15) is 0 Å². The molecule has 0 unspecified atom stereocenters. The SMILES string of the molecule is CNc1nnc(Cn2c(Cc3ccc(Br)cc3)nc3ccccc32)s1. The molecular weight excluding hydrogens is 398 g/mol. The van der Waals surface area contributed by atoms with Crippen LogP contribution >= 0.6 is 27.3 Å². The molecule has 4 aromatic rings. The second-order valence-electron chi connectivity index (χ2n) is 5.66. The molecule has 25 heavy (non-hydrogen) atoms. The highest BCUT2D eigenvalue weighted by molar-refractivity contribution is 9.10. The maximum atomic E-state index is 4.85. The van der Waals surface area contributed by atoms with E-state index in [1.807, 2.05) is 19.2 Å². The van der Waals surface area contributed by atoms with Gasteiger partial charge < -0.3 is 9.88 Å². The molecule has 1 N–H and O–H groups in total. The van der Waals surface area contributed by atoms with Crippen molar-refractivity contribution < 1.29 is 0 Å². The molecule has 0 aliphatic heterocycles. The molecule has 0 saturated heterocycles. The maximum absolute atomic E-state index is 4.85. The summed E-state index contributed by atoms with van der Waals surface area (Å²) >= 11 is 5.05. The third-order valence-electron chi connectivity index (χ3n) is 3.98. The number of para-hydroxylation sites is 2. The van der Waals surface area contributed by atoms with Crippen LogP contribution in [-0.4, -0.2) is 26.8 Å². The van der Waals surface area contributed by atoms with E-state index in [9.17, 15) is 0 Å². The first-order valence-electron chi connectivity index (χ1n) is 7.91. The number of nitrogens with one attached hydrogen (secondary N) is 1. The minimum absolute atomic E-state index is 0.672. The highest BCUT2D eigenvalue weighted by Crippen LogP contribution is 2.23. The van der Waals surface area contributed by atoms with Crippen molar-refractivity contribution in [2.45, 2.75) is 13.0 Å². The van der Waals surface area contributed by atoms with E-state index >= 15 is 0 Å². The van der Waals surface area contributed by atoms with Gasteiger partial charge in [-0.3, -0.25) is 0 Å². The van der Waals surface area contributed by atoms with Crippen LogP contribution in [0.2, 0.25) is 0 Å². The Bertz CT molecular complexity index is 1010. The van der Waals surface area contributed by atoms with Crippen molar-refractivity contribution in [3.63, 3.8) is 0 Å². The molecule has 0 amide bonds. The molecule has 126 valence electrons. The van der Waals surface area contributed by atoms with Crippen molar-refractivity contribution in [3.8, 4) is 0 Å². The van der Waals surface area contributed by atoms with E-state index in [-0.39, 0.29) is 0 Å². The fourth-order valence-electron chi connectivity index (χ4n) is 2.78. The Morgan fingerprint density at radius 1 is 1.08 bits per heavy atom. The van der Waals surface area contributed by atoms with Crippen LogP contribution in [0.25, 0.3) is 11.0 Å². The van der Waals surface area contributed by atoms with E-state index in [1.54, 1.807) is 11.3 Å². The van der Waals surface area contributed by atoms with Crippen LogP contribution in [-0.2, 0) is 13.0 Å². The number of aromatic nitrogens is 4. The monoisotopic (exact) mass is 413 g/mol. The van der Waals surface area contributed by atoms with Crippen molar-refractivity contribution in [3.05, 3.63) is 69.4 Å². The van der Waals surface area contributed by atoms with Gasteiger partial charge in [-0.25, -0.2) is 4.98 Å². The quantitative estimate of drug-likeness (QED) is 0.528. The second-order valence-corrected chi connectivity index (χ2v) is 7.63. The predicted octanol–water partition coefficient (Wildman–Crippen LogP) is 4.33. The zero-order valence-electron chi connectivity index (χ0n) is 13.6. The molecule has 0 atom stereocenters. The lowest BCUT2D eigenvalue weighted by atomic mass is 10.1. The molecule has 2 aromatic carbocycles. The van der Waals surface area contributed by atoms with Gasteiger partial charge in [0.25, 0.3) is 0 Å². The molecule has 0 fully saturated rings. The lowest BCUT2D eigenvalue weighted by molar-refractivity contribution is 0.748. The van der Waals surface area contributed by atoms with Gasteiger partial charge in [0.15, 0.2) is 0 Å². The smallest absolute Gasteiger partial charge is 0.205 e. The largest absolute Gasteiger partial charge is 0.363 e. The van der Waals surface area contributed by atoms with Crippen LogP contribution in [0.5, 0.6) is 0 Å². The summed E-state index contributed by atoms with van der Waals surface area (Å²) in [5.41, 5.74) is 3.36. The summed E-state index contributed by atoms with van der Waals surface area (Å²) in [6.07, 6.45) is 0.777. The van der Waals surface area contributed by atoms with Gasteiger partial charge in [0.05, 0.1) is 17.6 Å². The first-order valence-corrected chi connectivity index (χ1v) is 9.52. The minimum Gasteiger partial charge on any atom is -0.363 e. The van der Waals surface area contributed by atoms with Crippen molar-refractivity contribution in [1.29, 1.82) is 0 Å². The summed E-state index contributed by atoms with van der Waals surface area (Å²) in [6, 6.07) is 16.6. The van der Waals surface area contributed by atoms with E-state index in [2.05, 4.69) is 72.4 Å². The fourth-order valence-corrected chi connectivity index (χ4v) is 3.72. The highest BCUT2D eigenvalue weighted by atomic mass is 79.9. The summed E-state index contributed by atoms with van der Waals surface area (Å²) in [5, 5.41) is 13.2. The molecule has 0 aliphatic carbocycles. The summed E-state index contributed by atoms with van der Waals surface area (Å²) in [6.45, 7) is 0.672. The molecule has 2 aromatic heterocycles. The molecule has 0 spiro atoms. The number of hydrogen-bond acceptors (Lipinski definition) is 5. The molecule has 4 rings (SSSR count). The van der Waals surface area contributed by atoms with E-state index in [1.165, 1.54) is 5.56 Å². The number of hydrogen-bond donors (Lipinski definition) is 1. The predicted molar refractivity (Wildman–Crippen MR) is 105 cm³/mol. The van der Waals surface area contributed by atoms with Gasteiger partial charge in [-0.15, -0.1) is 10.2 Å². The molecule has 0 radical (unpaired) electrons. The van der Waals surface area contributed by atoms with Gasteiger partial charge >= 0.3 is 0 Å². The first kappa shape index (κ1) is 16.2. The number of nitrogens with zero attached hydrogens (tertiary/aromatic N) is 4. The van der Waals surface area contributed by atoms with E-state index < -0.39 is 0 Å². The van der Waals surface area contributed by atoms with E-state index in [0.29, 0.717) is 6.54 Å². The lowest BCUT2D eigenvalue weighted by Crippen LogP contribution is -2.06. The van der Waals surface area contributed by atoms with Gasteiger partial charge in [0.2, 0.25) is 5.13 Å². The normalized spacial score (nSPS) is 11.1. The molecule has 2 heterocycles. The van der Waals surface area contributed by atoms with Crippen molar-refractivity contribution in [1.82, 2.24) is 19.7 Å². The summed E-state index contributed by atoms with van der Waals surface area (Å²) < 4.78 is 3.32. The van der Waals surface area contributed by atoms with Crippen LogP contribution < -0.4 is 5.32 Å². The number of anilines is 1. The van der Waals surface area contributed by atoms with Crippen LogP contribution in [0.1, 0.15) is 16.4 Å². The summed E-state index contributed by atoms with van der Waals surface area (Å²) in [5.74, 6) is 1.03. The zero-order chi connectivity index (χ0) is 17.2. The highest BCUT2D eigenvalue weighted by Gasteiger charge is 2.13. The maximum Gasteiger partial charge on any atom is 0.205 e. The number of imidazole rings is 1. The second kappa shape index (κ2) is 6.93. The summed E-state index contributed by atoms with van der Waals surface area (Å²) in [7, 11) is 1.86. The van der Waals surface area contributed by atoms with Crippen LogP contribution in [0.15, 0.2) is 53.0 Å². The Morgan fingerprint density at radius 2 is 1.88 bits per heavy atom. The fraction of sp³-hybridized carbons (Fsp3) is 0.167. The molecule has 7 heteroatoms. The molecule has 0 aliphatic rings. The Kier molecular flexibility index (Phi) is 4.50. The first-order chi connectivity index (χ1) is 12.2. The Morgan fingerprint density at radius 3 is 2.64 bits per heavy atom. The van der Waals surface area contributed by atoms with Crippen LogP contribution in [0, 0.1) is 0 Å². The van der Waals surface area contributed by atoms with Gasteiger partial charge in [0.1, 0.15) is 10.8 Å². The average Bonchev–Trinajstić information content (AvgIpc) is 3.22. The Balaban J connectivity index is 1.73. The molecule has 5 nitrogen and oxygen atoms in total. The van der Waals surface area contributed by atoms with Crippen molar-refractivity contribution in [2.75, 3.05) is 12.4 Å². The molecule has 0 bridgehead atoms. The number of halogens is 1. The van der Waals surface area contributed by atoms with Crippen LogP contribution in [0.3, 0.4) is 0 Å². The summed E-state index contributed by atoms with van der Waals surface area (Å²) in [4.78, 5) is 4.85. The van der Waals surface area contributed by atoms with Crippen LogP contribution in [0.4, 0.5) is 5.13 Å². The Labute approximate surface area is 157 Å². The molecule has 0 saturated carbocycles. The molecular formula is C18H16BrN5S. The number of benzene rings is 2. The third kappa shape index (κ3) is 3.43. The van der Waals surface area contributed by atoms with E-state index in [4.69, 9.17) is 4.98 Å². The van der Waals surface area contributed by atoms with Gasteiger partial charge in [0, 0.05) is 17.9 Å². The minimum atomic E-state index is 0.672. The van der Waals surface area contributed by atoms with Crippen molar-refractivity contribution >= 4 is 43.4 Å². The van der Waals surface area contributed by atoms with E-state index in [0.717, 1.165) is 37.9 Å². The average molecular weight is 414 g/mol. The Hall–Kier alpha value is -2.25. The zero-order valence-corrected chi connectivity index (χ0v) is 16.0. The van der Waals surface area contributed by atoms with Gasteiger partial charge in [-0.1, -0.05) is 51.5 Å². The van der Waals surface area contributed by atoms with Gasteiger partial charge in [-0.05, 0) is 29.8 Å². The lowest BCUT2D eigenvalue weighted by Gasteiger charge is -2.07. The number of fused-ring (bicyclic) bond motifs is 1. The topological polar surface area (TPSA) is 55.6 Å². The number of rotatable bonds is 5. The standard InChI is InChI=1S/C18H16BrN5S/c1-20-18-23-22-17(25-18)11-24-15-5-3-2-4-14(15)21-16(24)10-12-6-8-13(19)9-7-12/h2-9H,10-11H2,1H3,(H,20,23). The third-order valence-corrected chi connectivity index (χ3v) is 5.44.